The molecule has 0 aliphatic heterocycles. The molecule has 3 aromatic heterocycles. The van der Waals surface area contributed by atoms with E-state index in [4.69, 9.17) is 0 Å². The first-order chi connectivity index (χ1) is 14.2. The number of carbonyl (C=O) groups excluding carboxylic acids is 1. The molecule has 146 valence electrons. The summed E-state index contributed by atoms with van der Waals surface area (Å²) in [7, 11) is 0. The van der Waals surface area contributed by atoms with Gasteiger partial charge in [-0.3, -0.25) is 14.3 Å². The largest absolute Gasteiger partial charge is 0.301 e. The fourth-order valence-corrected chi connectivity index (χ4v) is 4.45. The Morgan fingerprint density at radius 2 is 2.17 bits per heavy atom. The Morgan fingerprint density at radius 3 is 2.93 bits per heavy atom. The first kappa shape index (κ1) is 19.3. The van der Waals surface area contributed by atoms with Crippen LogP contribution in [0.15, 0.2) is 66.6 Å². The number of hydrogen-bond donors (Lipinski definition) is 1. The lowest BCUT2D eigenvalue weighted by Crippen LogP contribution is -2.22. The van der Waals surface area contributed by atoms with E-state index >= 15 is 0 Å². The smallest absolute Gasteiger partial charge is 0.239 e. The normalized spacial score (nSPS) is 12.0. The van der Waals surface area contributed by atoms with Crippen molar-refractivity contribution in [1.29, 1.82) is 0 Å². The third kappa shape index (κ3) is 4.20. The van der Waals surface area contributed by atoms with Gasteiger partial charge in [-0.25, -0.2) is 4.98 Å². The number of benzene rings is 1. The van der Waals surface area contributed by atoms with Crippen LogP contribution in [0.5, 0.6) is 0 Å². The molecular formula is C20H18N6OS2. The van der Waals surface area contributed by atoms with Crippen LogP contribution < -0.4 is 5.32 Å². The van der Waals surface area contributed by atoms with E-state index in [1.54, 1.807) is 18.5 Å². The highest BCUT2D eigenvalue weighted by Gasteiger charge is 2.21. The minimum atomic E-state index is -0.378. The van der Waals surface area contributed by atoms with Crippen LogP contribution >= 0.6 is 23.1 Å². The van der Waals surface area contributed by atoms with Gasteiger partial charge in [0.15, 0.2) is 16.1 Å². The monoisotopic (exact) mass is 422 g/mol. The molecule has 0 bridgehead atoms. The van der Waals surface area contributed by atoms with Crippen LogP contribution in [0.2, 0.25) is 0 Å². The standard InChI is InChI=1S/C20H18N6OS2/c1-3-11-26-17(14-7-6-10-21-12-14)24-25-20(26)28-13(2)18(27)23-19-22-15-8-4-5-9-16(15)29-19/h3-10,12-13H,1,11H2,2H3,(H,22,23,27)/t13-/m0/s1. The van der Waals surface area contributed by atoms with Crippen molar-refractivity contribution in [3.05, 3.63) is 61.4 Å². The van der Waals surface area contributed by atoms with Gasteiger partial charge in [-0.1, -0.05) is 41.3 Å². The maximum absolute atomic E-state index is 12.7. The molecule has 0 fully saturated rings. The van der Waals surface area contributed by atoms with Crippen molar-refractivity contribution in [2.45, 2.75) is 23.9 Å². The van der Waals surface area contributed by atoms with Crippen LogP contribution in [0.3, 0.4) is 0 Å². The molecule has 0 saturated heterocycles. The van der Waals surface area contributed by atoms with Crippen molar-refractivity contribution in [3.8, 4) is 11.4 Å². The van der Waals surface area contributed by atoms with Gasteiger partial charge >= 0.3 is 0 Å². The lowest BCUT2D eigenvalue weighted by molar-refractivity contribution is -0.115. The van der Waals surface area contributed by atoms with Gasteiger partial charge in [0.1, 0.15) is 0 Å². The number of nitrogens with one attached hydrogen (secondary N) is 1. The van der Waals surface area contributed by atoms with Gasteiger partial charge in [0.2, 0.25) is 5.91 Å². The van der Waals surface area contributed by atoms with E-state index in [0.717, 1.165) is 15.8 Å². The molecule has 1 amide bonds. The second kappa shape index (κ2) is 8.54. The molecule has 0 spiro atoms. The Morgan fingerprint density at radius 1 is 1.31 bits per heavy atom. The number of hydrogen-bond acceptors (Lipinski definition) is 7. The zero-order valence-corrected chi connectivity index (χ0v) is 17.3. The molecule has 0 unspecified atom stereocenters. The van der Waals surface area contributed by atoms with Crippen LogP contribution in [0.4, 0.5) is 5.13 Å². The predicted octanol–water partition coefficient (Wildman–Crippen LogP) is 4.26. The summed E-state index contributed by atoms with van der Waals surface area (Å²) < 4.78 is 2.96. The number of para-hydroxylation sites is 1. The lowest BCUT2D eigenvalue weighted by Gasteiger charge is -2.11. The first-order valence-corrected chi connectivity index (χ1v) is 10.6. The molecule has 29 heavy (non-hydrogen) atoms. The first-order valence-electron chi connectivity index (χ1n) is 8.93. The second-order valence-electron chi connectivity index (χ2n) is 6.18. The molecule has 3 heterocycles. The summed E-state index contributed by atoms with van der Waals surface area (Å²) in [6.07, 6.45) is 5.22. The van der Waals surface area contributed by atoms with Crippen molar-refractivity contribution >= 4 is 44.4 Å². The zero-order valence-electron chi connectivity index (χ0n) is 15.6. The maximum Gasteiger partial charge on any atom is 0.239 e. The van der Waals surface area contributed by atoms with E-state index < -0.39 is 0 Å². The minimum absolute atomic E-state index is 0.134. The third-order valence-electron chi connectivity index (χ3n) is 4.12. The van der Waals surface area contributed by atoms with Crippen molar-refractivity contribution in [1.82, 2.24) is 24.7 Å². The molecule has 1 atom stereocenters. The highest BCUT2D eigenvalue weighted by molar-refractivity contribution is 8.00. The van der Waals surface area contributed by atoms with E-state index in [2.05, 4.69) is 32.1 Å². The number of allylic oxidation sites excluding steroid dienone is 1. The summed E-state index contributed by atoms with van der Waals surface area (Å²) in [5.41, 5.74) is 1.74. The molecule has 4 aromatic rings. The van der Waals surface area contributed by atoms with Gasteiger partial charge in [0.25, 0.3) is 0 Å². The Labute approximate surface area is 175 Å². The number of carbonyl (C=O) groups is 1. The minimum Gasteiger partial charge on any atom is -0.301 e. The van der Waals surface area contributed by atoms with E-state index in [1.807, 2.05) is 47.9 Å². The Hall–Kier alpha value is -3.04. The average Bonchev–Trinajstić information content (AvgIpc) is 3.32. The van der Waals surface area contributed by atoms with Gasteiger partial charge in [0, 0.05) is 24.5 Å². The number of anilines is 1. The van der Waals surface area contributed by atoms with Gasteiger partial charge in [-0.15, -0.1) is 16.8 Å². The van der Waals surface area contributed by atoms with Gasteiger partial charge in [0.05, 0.1) is 15.5 Å². The SMILES string of the molecule is C=CCn1c(S[C@@H](C)C(=O)Nc2nc3ccccc3s2)nnc1-c1cccnc1. The molecule has 4 rings (SSSR count). The van der Waals surface area contributed by atoms with Crippen LogP contribution in [0, 0.1) is 0 Å². The molecule has 0 saturated carbocycles. The molecule has 0 radical (unpaired) electrons. The van der Waals surface area contributed by atoms with Crippen LogP contribution in [0.25, 0.3) is 21.6 Å². The van der Waals surface area contributed by atoms with Gasteiger partial charge in [-0.05, 0) is 31.2 Å². The number of thiazole rings is 1. The predicted molar refractivity (Wildman–Crippen MR) is 117 cm³/mol. The summed E-state index contributed by atoms with van der Waals surface area (Å²) in [6.45, 7) is 6.19. The number of amides is 1. The molecule has 1 aromatic carbocycles. The Bertz CT molecular complexity index is 1120. The van der Waals surface area contributed by atoms with Crippen molar-refractivity contribution in [3.63, 3.8) is 0 Å². The summed E-state index contributed by atoms with van der Waals surface area (Å²) in [5.74, 6) is 0.560. The van der Waals surface area contributed by atoms with Crippen molar-refractivity contribution < 1.29 is 4.79 Å². The molecule has 7 nitrogen and oxygen atoms in total. The number of aromatic nitrogens is 5. The highest BCUT2D eigenvalue weighted by atomic mass is 32.2. The summed E-state index contributed by atoms with van der Waals surface area (Å²) in [6, 6.07) is 11.6. The number of pyridine rings is 1. The Kier molecular flexibility index (Phi) is 5.68. The molecule has 0 aliphatic rings. The second-order valence-corrected chi connectivity index (χ2v) is 8.52. The molecule has 1 N–H and O–H groups in total. The molecular weight excluding hydrogens is 404 g/mol. The molecule has 0 aliphatic carbocycles. The number of thioether (sulfide) groups is 1. The maximum atomic E-state index is 12.7. The zero-order chi connectivity index (χ0) is 20.2. The van der Waals surface area contributed by atoms with Crippen LogP contribution in [0.1, 0.15) is 6.92 Å². The number of rotatable bonds is 7. The fourth-order valence-electron chi connectivity index (χ4n) is 2.72. The lowest BCUT2D eigenvalue weighted by atomic mass is 10.3. The van der Waals surface area contributed by atoms with Crippen LogP contribution in [-0.2, 0) is 11.3 Å². The van der Waals surface area contributed by atoms with Gasteiger partial charge < -0.3 is 5.32 Å². The summed E-state index contributed by atoms with van der Waals surface area (Å²) >= 11 is 2.80. The van der Waals surface area contributed by atoms with Gasteiger partial charge in [-0.2, -0.15) is 0 Å². The summed E-state index contributed by atoms with van der Waals surface area (Å²) in [5, 5.41) is 12.3. The number of nitrogens with zero attached hydrogens (tertiary/aromatic N) is 5. The fraction of sp³-hybridized carbons (Fsp3) is 0.150. The Balaban J connectivity index is 1.51. The van der Waals surface area contributed by atoms with Crippen LogP contribution in [-0.4, -0.2) is 35.9 Å². The van der Waals surface area contributed by atoms with E-state index in [9.17, 15) is 4.79 Å². The van der Waals surface area contributed by atoms with Crippen molar-refractivity contribution in [2.75, 3.05) is 5.32 Å². The topological polar surface area (TPSA) is 85.6 Å². The third-order valence-corrected chi connectivity index (χ3v) is 6.16. The van der Waals surface area contributed by atoms with E-state index in [-0.39, 0.29) is 11.2 Å². The van der Waals surface area contributed by atoms with Crippen molar-refractivity contribution in [2.24, 2.45) is 0 Å². The number of fused-ring (bicyclic) bond motifs is 1. The average molecular weight is 423 g/mol. The highest BCUT2D eigenvalue weighted by Crippen LogP contribution is 2.29. The van der Waals surface area contributed by atoms with E-state index in [1.165, 1.54) is 23.1 Å². The summed E-state index contributed by atoms with van der Waals surface area (Å²) in [4.78, 5) is 21.3. The van der Waals surface area contributed by atoms with E-state index in [0.29, 0.717) is 22.7 Å². The molecule has 9 heteroatoms. The quantitative estimate of drug-likeness (QED) is 0.354.